The molecule has 0 radical (unpaired) electrons. The molecular formula is C15H18ClN5. The van der Waals surface area contributed by atoms with E-state index in [9.17, 15) is 0 Å². The Morgan fingerprint density at radius 1 is 1.29 bits per heavy atom. The number of hydrogen-bond donors (Lipinski definition) is 1. The van der Waals surface area contributed by atoms with Gasteiger partial charge in [0.05, 0.1) is 17.4 Å². The van der Waals surface area contributed by atoms with Gasteiger partial charge in [0.25, 0.3) is 0 Å². The Hall–Kier alpha value is -1.85. The summed E-state index contributed by atoms with van der Waals surface area (Å²) in [5.41, 5.74) is 8.43. The maximum absolute atomic E-state index is 6.12. The monoisotopic (exact) mass is 303 g/mol. The number of nitrogens with zero attached hydrogens (tertiary/aromatic N) is 4. The van der Waals surface area contributed by atoms with Crippen LogP contribution in [0.15, 0.2) is 30.7 Å². The van der Waals surface area contributed by atoms with Crippen molar-refractivity contribution in [1.29, 1.82) is 0 Å². The Morgan fingerprint density at radius 2 is 2.14 bits per heavy atom. The summed E-state index contributed by atoms with van der Waals surface area (Å²) in [5, 5.41) is 0.722. The van der Waals surface area contributed by atoms with Gasteiger partial charge in [0, 0.05) is 30.9 Å². The van der Waals surface area contributed by atoms with E-state index in [-0.39, 0.29) is 0 Å². The fourth-order valence-corrected chi connectivity index (χ4v) is 2.65. The molecule has 0 bridgehead atoms. The molecule has 0 spiro atoms. The van der Waals surface area contributed by atoms with Crippen LogP contribution in [0.5, 0.6) is 0 Å². The minimum absolute atomic E-state index is 0.594. The number of benzene rings is 1. The normalized spacial score (nSPS) is 11.4. The summed E-state index contributed by atoms with van der Waals surface area (Å²) in [5.74, 6) is 0.880. The molecule has 0 fully saturated rings. The van der Waals surface area contributed by atoms with Crippen LogP contribution in [0.3, 0.4) is 0 Å². The number of aromatic nitrogens is 4. The first-order chi connectivity index (χ1) is 10.2. The van der Waals surface area contributed by atoms with Gasteiger partial charge in [0.2, 0.25) is 0 Å². The fraction of sp³-hybridized carbons (Fsp3) is 0.333. The molecule has 21 heavy (non-hydrogen) atoms. The number of fused-ring (bicyclic) bond motifs is 1. The number of imidazole rings is 2. The summed E-state index contributed by atoms with van der Waals surface area (Å²) in [7, 11) is 0. The van der Waals surface area contributed by atoms with E-state index in [2.05, 4.69) is 16.5 Å². The Kier molecular flexibility index (Phi) is 3.94. The van der Waals surface area contributed by atoms with Crippen molar-refractivity contribution < 1.29 is 0 Å². The highest BCUT2D eigenvalue weighted by molar-refractivity contribution is 6.31. The molecule has 3 aromatic rings. The van der Waals surface area contributed by atoms with Crippen LogP contribution in [0.1, 0.15) is 13.3 Å². The van der Waals surface area contributed by atoms with Gasteiger partial charge in [-0.3, -0.25) is 0 Å². The third-order valence-electron chi connectivity index (χ3n) is 3.41. The summed E-state index contributed by atoms with van der Waals surface area (Å²) in [6.45, 7) is 4.38. The lowest BCUT2D eigenvalue weighted by Gasteiger charge is -2.05. The lowest BCUT2D eigenvalue weighted by molar-refractivity contribution is 0.700. The molecule has 0 aliphatic heterocycles. The van der Waals surface area contributed by atoms with Gasteiger partial charge in [-0.1, -0.05) is 18.5 Å². The standard InChI is InChI=1S/C15H18ClN5/c1-2-6-21-14-8-11(16)3-4-12(14)19-15(21)13-9-20(7-5-17)10-18-13/h3-4,8-10H,2,5-7,17H2,1H3. The summed E-state index contributed by atoms with van der Waals surface area (Å²) in [4.78, 5) is 9.17. The number of nitrogens with two attached hydrogens (primary N) is 1. The van der Waals surface area contributed by atoms with Crippen molar-refractivity contribution in [3.05, 3.63) is 35.7 Å². The Balaban J connectivity index is 2.13. The second-order valence-electron chi connectivity index (χ2n) is 5.01. The third kappa shape index (κ3) is 2.66. The summed E-state index contributed by atoms with van der Waals surface area (Å²) >= 11 is 6.12. The summed E-state index contributed by atoms with van der Waals surface area (Å²) in [6, 6.07) is 5.77. The van der Waals surface area contributed by atoms with Crippen molar-refractivity contribution >= 4 is 22.6 Å². The van der Waals surface area contributed by atoms with Gasteiger partial charge in [-0.05, 0) is 24.6 Å². The Bertz CT molecular complexity index is 759. The highest BCUT2D eigenvalue weighted by atomic mass is 35.5. The van der Waals surface area contributed by atoms with Crippen LogP contribution in [-0.4, -0.2) is 25.6 Å². The highest BCUT2D eigenvalue weighted by Crippen LogP contribution is 2.26. The fourth-order valence-electron chi connectivity index (χ4n) is 2.49. The average Bonchev–Trinajstić information content (AvgIpc) is 3.05. The summed E-state index contributed by atoms with van der Waals surface area (Å²) < 4.78 is 4.16. The van der Waals surface area contributed by atoms with Crippen molar-refractivity contribution in [1.82, 2.24) is 19.1 Å². The molecule has 0 saturated carbocycles. The van der Waals surface area contributed by atoms with Gasteiger partial charge < -0.3 is 14.9 Å². The van der Waals surface area contributed by atoms with Gasteiger partial charge in [-0.2, -0.15) is 0 Å². The maximum atomic E-state index is 6.12. The molecule has 0 aliphatic carbocycles. The van der Waals surface area contributed by atoms with Crippen molar-refractivity contribution in [3.63, 3.8) is 0 Å². The van der Waals surface area contributed by atoms with Crippen LogP contribution >= 0.6 is 11.6 Å². The first kappa shape index (κ1) is 14.1. The molecule has 0 amide bonds. The SMILES string of the molecule is CCCn1c(-c2cn(CCN)cn2)nc2ccc(Cl)cc21. The van der Waals surface area contributed by atoms with Gasteiger partial charge in [-0.15, -0.1) is 0 Å². The van der Waals surface area contributed by atoms with E-state index in [0.717, 1.165) is 47.1 Å². The molecule has 3 rings (SSSR count). The second-order valence-corrected chi connectivity index (χ2v) is 5.44. The molecule has 0 saturated heterocycles. The van der Waals surface area contributed by atoms with Gasteiger partial charge >= 0.3 is 0 Å². The molecule has 2 heterocycles. The van der Waals surface area contributed by atoms with E-state index in [1.165, 1.54) is 0 Å². The highest BCUT2D eigenvalue weighted by Gasteiger charge is 2.14. The van der Waals surface area contributed by atoms with Crippen molar-refractivity contribution in [2.75, 3.05) is 6.54 Å². The lowest BCUT2D eigenvalue weighted by Crippen LogP contribution is -2.07. The van der Waals surface area contributed by atoms with Gasteiger partial charge in [0.1, 0.15) is 5.69 Å². The van der Waals surface area contributed by atoms with E-state index < -0.39 is 0 Å². The zero-order valence-electron chi connectivity index (χ0n) is 12.0. The Morgan fingerprint density at radius 3 is 2.90 bits per heavy atom. The van der Waals surface area contributed by atoms with Crippen LogP contribution in [0.25, 0.3) is 22.6 Å². The van der Waals surface area contributed by atoms with E-state index in [1.807, 2.05) is 29.0 Å². The largest absolute Gasteiger partial charge is 0.335 e. The number of halogens is 1. The first-order valence-electron chi connectivity index (χ1n) is 7.11. The van der Waals surface area contributed by atoms with Crippen molar-refractivity contribution in [3.8, 4) is 11.5 Å². The molecule has 0 atom stereocenters. The molecule has 110 valence electrons. The minimum atomic E-state index is 0.594. The predicted octanol–water partition coefficient (Wildman–Crippen LogP) is 2.92. The third-order valence-corrected chi connectivity index (χ3v) is 3.64. The molecule has 0 aliphatic rings. The molecule has 2 N–H and O–H groups in total. The predicted molar refractivity (Wildman–Crippen MR) is 85.3 cm³/mol. The van der Waals surface area contributed by atoms with Crippen molar-refractivity contribution in [2.45, 2.75) is 26.4 Å². The quantitative estimate of drug-likeness (QED) is 0.788. The number of rotatable bonds is 5. The van der Waals surface area contributed by atoms with Crippen LogP contribution in [0.4, 0.5) is 0 Å². The topological polar surface area (TPSA) is 61.7 Å². The second kappa shape index (κ2) is 5.87. The van der Waals surface area contributed by atoms with Crippen LogP contribution in [0.2, 0.25) is 5.02 Å². The molecule has 5 nitrogen and oxygen atoms in total. The van der Waals surface area contributed by atoms with Crippen LogP contribution in [-0.2, 0) is 13.1 Å². The van der Waals surface area contributed by atoms with E-state index in [1.54, 1.807) is 6.33 Å². The van der Waals surface area contributed by atoms with Crippen LogP contribution in [0, 0.1) is 0 Å². The number of aryl methyl sites for hydroxylation is 1. The van der Waals surface area contributed by atoms with Gasteiger partial charge in [0.15, 0.2) is 5.82 Å². The van der Waals surface area contributed by atoms with Gasteiger partial charge in [-0.25, -0.2) is 9.97 Å². The minimum Gasteiger partial charge on any atom is -0.335 e. The van der Waals surface area contributed by atoms with Crippen LogP contribution < -0.4 is 5.73 Å². The smallest absolute Gasteiger partial charge is 0.161 e. The molecule has 2 aromatic heterocycles. The van der Waals surface area contributed by atoms with E-state index >= 15 is 0 Å². The van der Waals surface area contributed by atoms with E-state index in [0.29, 0.717) is 6.54 Å². The zero-order chi connectivity index (χ0) is 14.8. The van der Waals surface area contributed by atoms with Crippen molar-refractivity contribution in [2.24, 2.45) is 5.73 Å². The first-order valence-corrected chi connectivity index (χ1v) is 7.48. The maximum Gasteiger partial charge on any atom is 0.161 e. The molecule has 1 aromatic carbocycles. The Labute approximate surface area is 128 Å². The molecule has 0 unspecified atom stereocenters. The summed E-state index contributed by atoms with van der Waals surface area (Å²) in [6.07, 6.45) is 4.81. The lowest BCUT2D eigenvalue weighted by atomic mass is 10.3. The molecular weight excluding hydrogens is 286 g/mol. The zero-order valence-corrected chi connectivity index (χ0v) is 12.7. The number of hydrogen-bond acceptors (Lipinski definition) is 3. The average molecular weight is 304 g/mol. The van der Waals surface area contributed by atoms with E-state index in [4.69, 9.17) is 22.3 Å². The molecule has 6 heteroatoms.